The minimum absolute atomic E-state index is 0.219. The van der Waals surface area contributed by atoms with Crippen molar-refractivity contribution >= 4 is 24.3 Å². The first kappa shape index (κ1) is 20.4. The fourth-order valence-electron chi connectivity index (χ4n) is 4.11. The molecule has 1 heterocycles. The quantitative estimate of drug-likeness (QED) is 0.240. The fourth-order valence-corrected chi connectivity index (χ4v) is 8.71. The molecule has 142 valence electrons. The number of piperidine rings is 1. The lowest BCUT2D eigenvalue weighted by molar-refractivity contribution is 0.0709. The Morgan fingerprint density at radius 2 is 2.04 bits per heavy atom. The summed E-state index contributed by atoms with van der Waals surface area (Å²) in [5, 5.41) is 12.6. The maximum atomic E-state index is 13.0. The van der Waals surface area contributed by atoms with Crippen molar-refractivity contribution in [1.82, 2.24) is 4.31 Å². The van der Waals surface area contributed by atoms with Crippen LogP contribution >= 0.6 is 0 Å². The van der Waals surface area contributed by atoms with E-state index < -0.39 is 23.5 Å². The van der Waals surface area contributed by atoms with Gasteiger partial charge in [0.2, 0.25) is 10.0 Å². The molecule has 0 amide bonds. The first-order chi connectivity index (χ1) is 11.6. The summed E-state index contributed by atoms with van der Waals surface area (Å²) in [6.07, 6.45) is 10.1. The van der Waals surface area contributed by atoms with Crippen molar-refractivity contribution in [2.75, 3.05) is 18.8 Å². The maximum Gasteiger partial charge on any atom is 0.213 e. The summed E-state index contributed by atoms with van der Waals surface area (Å²) in [5.41, 5.74) is -0.476. The second kappa shape index (κ2) is 7.76. The summed E-state index contributed by atoms with van der Waals surface area (Å²) in [6.45, 7) is 11.4. The molecule has 2 aliphatic rings. The predicted octanol–water partition coefficient (Wildman–Crippen LogP) is 3.57. The van der Waals surface area contributed by atoms with Crippen molar-refractivity contribution in [2.45, 2.75) is 44.9 Å². The molecule has 0 saturated carbocycles. The molecule has 0 aromatic rings. The Bertz CT molecular complexity index is 639. The van der Waals surface area contributed by atoms with E-state index in [4.69, 9.17) is 0 Å². The van der Waals surface area contributed by atoms with Gasteiger partial charge in [-0.25, -0.2) is 12.7 Å². The number of allylic oxidation sites excluding steroid dienone is 3. The molecule has 0 aromatic heterocycles. The van der Waals surface area contributed by atoms with Gasteiger partial charge in [-0.1, -0.05) is 37.9 Å². The Morgan fingerprint density at radius 1 is 1.36 bits per heavy atom. The van der Waals surface area contributed by atoms with Crippen LogP contribution in [-0.4, -0.2) is 51.1 Å². The highest BCUT2D eigenvalue weighted by atomic mass is 32.2. The van der Waals surface area contributed by atoms with Crippen LogP contribution in [0.4, 0.5) is 0 Å². The molecule has 5 nitrogen and oxygen atoms in total. The molecule has 0 spiro atoms. The number of hydrogen-bond acceptors (Lipinski definition) is 4. The minimum Gasteiger partial charge on any atom is -0.411 e. The van der Waals surface area contributed by atoms with Crippen LogP contribution in [0.5, 0.6) is 0 Å². The third kappa shape index (κ3) is 4.83. The summed E-state index contributed by atoms with van der Waals surface area (Å²) >= 11 is 0. The number of nitrogens with zero attached hydrogens (tertiary/aromatic N) is 2. The van der Waals surface area contributed by atoms with Crippen molar-refractivity contribution < 1.29 is 13.6 Å². The lowest BCUT2D eigenvalue weighted by atomic mass is 9.62. The molecule has 0 unspecified atom stereocenters. The normalized spacial score (nSPS) is 31.2. The van der Waals surface area contributed by atoms with Gasteiger partial charge in [-0.15, -0.1) is 11.7 Å². The first-order valence-corrected chi connectivity index (χ1v) is 14.4. The molecule has 0 bridgehead atoms. The second-order valence-electron chi connectivity index (χ2n) is 8.70. The van der Waals surface area contributed by atoms with E-state index in [1.807, 2.05) is 6.08 Å². The van der Waals surface area contributed by atoms with Crippen molar-refractivity contribution in [2.24, 2.45) is 22.4 Å². The van der Waals surface area contributed by atoms with Gasteiger partial charge in [-0.3, -0.25) is 0 Å². The lowest BCUT2D eigenvalue weighted by Crippen LogP contribution is -2.56. The van der Waals surface area contributed by atoms with Crippen LogP contribution in [0.1, 0.15) is 19.3 Å². The molecule has 1 N–H and O–H groups in total. The van der Waals surface area contributed by atoms with Crippen molar-refractivity contribution in [3.8, 4) is 0 Å². The van der Waals surface area contributed by atoms with E-state index >= 15 is 0 Å². The Morgan fingerprint density at radius 3 is 2.64 bits per heavy atom. The van der Waals surface area contributed by atoms with Crippen molar-refractivity contribution in [3.05, 3.63) is 24.8 Å². The SMILES string of the molecule is C=CC[C@]1(/C=N/O)CN(S(=O)(=O)CC[Si](C)(C)C)C[C@H]2CC=CC[C@H]21. The molecule has 0 radical (unpaired) electrons. The summed E-state index contributed by atoms with van der Waals surface area (Å²) in [4.78, 5) is 0. The van der Waals surface area contributed by atoms with Crippen LogP contribution in [0.3, 0.4) is 0 Å². The molecule has 1 aliphatic carbocycles. The van der Waals surface area contributed by atoms with Gasteiger partial charge in [-0.2, -0.15) is 0 Å². The molecule has 7 heteroatoms. The van der Waals surface area contributed by atoms with Gasteiger partial charge in [0.25, 0.3) is 0 Å². The zero-order chi connectivity index (χ0) is 18.7. The van der Waals surface area contributed by atoms with E-state index in [9.17, 15) is 13.6 Å². The van der Waals surface area contributed by atoms with Crippen molar-refractivity contribution in [1.29, 1.82) is 0 Å². The number of oxime groups is 1. The van der Waals surface area contributed by atoms with Crippen LogP contribution in [0.25, 0.3) is 0 Å². The van der Waals surface area contributed by atoms with Gasteiger partial charge < -0.3 is 5.21 Å². The smallest absolute Gasteiger partial charge is 0.213 e. The van der Waals surface area contributed by atoms with E-state index in [2.05, 4.69) is 43.5 Å². The van der Waals surface area contributed by atoms with Crippen molar-refractivity contribution in [3.63, 3.8) is 0 Å². The zero-order valence-corrected chi connectivity index (χ0v) is 17.5. The highest BCUT2D eigenvalue weighted by Crippen LogP contribution is 2.46. The van der Waals surface area contributed by atoms with Crippen LogP contribution in [-0.2, 0) is 10.0 Å². The average molecular weight is 385 g/mol. The predicted molar refractivity (Wildman–Crippen MR) is 106 cm³/mol. The van der Waals surface area contributed by atoms with Crippen LogP contribution in [0.2, 0.25) is 25.7 Å². The lowest BCUT2D eigenvalue weighted by Gasteiger charge is -2.50. The summed E-state index contributed by atoms with van der Waals surface area (Å²) in [5.74, 6) is 0.768. The Kier molecular flexibility index (Phi) is 6.33. The topological polar surface area (TPSA) is 70.0 Å². The molecule has 2 rings (SSSR count). The highest BCUT2D eigenvalue weighted by molar-refractivity contribution is 7.89. The molecule has 1 saturated heterocycles. The van der Waals surface area contributed by atoms with E-state index in [0.717, 1.165) is 18.9 Å². The minimum atomic E-state index is -3.31. The van der Waals surface area contributed by atoms with Crippen LogP contribution in [0, 0.1) is 17.3 Å². The molecule has 3 atom stereocenters. The van der Waals surface area contributed by atoms with E-state index in [1.54, 1.807) is 10.5 Å². The molecular formula is C18H32N2O3SSi. The molecule has 25 heavy (non-hydrogen) atoms. The van der Waals surface area contributed by atoms with Gasteiger partial charge >= 0.3 is 0 Å². The molecular weight excluding hydrogens is 352 g/mol. The monoisotopic (exact) mass is 384 g/mol. The van der Waals surface area contributed by atoms with Gasteiger partial charge in [0.05, 0.1) is 12.0 Å². The van der Waals surface area contributed by atoms with E-state index in [-0.39, 0.29) is 17.6 Å². The Balaban J connectivity index is 2.32. The number of rotatable bonds is 7. The molecule has 1 fully saturated rings. The van der Waals surface area contributed by atoms with Gasteiger partial charge in [0.15, 0.2) is 0 Å². The Hall–Kier alpha value is -0.923. The van der Waals surface area contributed by atoms with E-state index in [1.165, 1.54) is 0 Å². The molecule has 1 aliphatic heterocycles. The number of hydrogen-bond donors (Lipinski definition) is 1. The standard InChI is InChI=1S/C18H32N2O3SSi/c1-5-10-18(14-19-21)15-20(13-16-8-6-7-9-17(16)18)24(22,23)11-12-25(2,3)4/h5-7,14,16-17,21H,1,8-13,15H2,2-4H3/b19-14+/t16-,17-,18+/m1/s1. The average Bonchev–Trinajstić information content (AvgIpc) is 2.53. The second-order valence-corrected chi connectivity index (χ2v) is 16.4. The highest BCUT2D eigenvalue weighted by Gasteiger charge is 2.49. The third-order valence-electron chi connectivity index (χ3n) is 5.55. The zero-order valence-electron chi connectivity index (χ0n) is 15.7. The summed E-state index contributed by atoms with van der Waals surface area (Å²) < 4.78 is 27.7. The van der Waals surface area contributed by atoms with E-state index in [0.29, 0.717) is 19.5 Å². The van der Waals surface area contributed by atoms with Gasteiger partial charge in [0, 0.05) is 26.6 Å². The fraction of sp³-hybridized carbons (Fsp3) is 0.722. The first-order valence-electron chi connectivity index (χ1n) is 9.06. The van der Waals surface area contributed by atoms with Gasteiger partial charge in [-0.05, 0) is 37.1 Å². The number of sulfonamides is 1. The molecule has 0 aromatic carbocycles. The largest absolute Gasteiger partial charge is 0.411 e. The summed E-state index contributed by atoms with van der Waals surface area (Å²) in [7, 11) is -4.74. The number of fused-ring (bicyclic) bond motifs is 1. The van der Waals surface area contributed by atoms with Gasteiger partial charge in [0.1, 0.15) is 0 Å². The van der Waals surface area contributed by atoms with Crippen LogP contribution in [0.15, 0.2) is 30.0 Å². The summed E-state index contributed by atoms with van der Waals surface area (Å²) in [6, 6.07) is 0.766. The maximum absolute atomic E-state index is 13.0. The Labute approximate surface area is 153 Å². The van der Waals surface area contributed by atoms with Crippen LogP contribution < -0.4 is 0 Å². The third-order valence-corrected chi connectivity index (χ3v) is 9.45.